The van der Waals surface area contributed by atoms with Gasteiger partial charge < -0.3 is 14.4 Å². The molecule has 0 N–H and O–H groups in total. The average molecular weight is 481 g/mol. The van der Waals surface area contributed by atoms with Gasteiger partial charge in [-0.15, -0.1) is 0 Å². The summed E-state index contributed by atoms with van der Waals surface area (Å²) in [6, 6.07) is 9.05. The number of amides is 1. The van der Waals surface area contributed by atoms with Crippen LogP contribution in [0.3, 0.4) is 0 Å². The van der Waals surface area contributed by atoms with Crippen molar-refractivity contribution in [3.05, 3.63) is 57.3 Å². The molecular weight excluding hydrogens is 451 g/mol. The molecule has 0 spiro atoms. The van der Waals surface area contributed by atoms with Gasteiger partial charge in [-0.05, 0) is 63.4 Å². The van der Waals surface area contributed by atoms with Crippen LogP contribution in [0, 0.1) is 12.8 Å². The monoisotopic (exact) mass is 480 g/mol. The van der Waals surface area contributed by atoms with Crippen LogP contribution < -0.4 is 4.74 Å². The standard InChI is InChI=1S/C24H30Cl2N2O4/c1-7-18(23(30)32-8-2)22(29)28(14-16-9-10-17(31-6)13-15(16)3)24(4,5)19-11-12-20(25)27-21(19)26/h9-13,18H,7-8,14H2,1-6H3. The summed E-state index contributed by atoms with van der Waals surface area (Å²) in [5.41, 5.74) is 1.62. The normalized spacial score (nSPS) is 12.2. The molecule has 32 heavy (non-hydrogen) atoms. The first-order valence-electron chi connectivity index (χ1n) is 10.5. The number of esters is 1. The van der Waals surface area contributed by atoms with E-state index in [-0.39, 0.29) is 29.4 Å². The summed E-state index contributed by atoms with van der Waals surface area (Å²) >= 11 is 12.4. The zero-order valence-corrected chi connectivity index (χ0v) is 20.9. The fourth-order valence-corrected chi connectivity index (χ4v) is 4.16. The molecule has 2 aromatic rings. The Kier molecular flexibility index (Phi) is 8.93. The van der Waals surface area contributed by atoms with Gasteiger partial charge in [0.05, 0.1) is 19.3 Å². The largest absolute Gasteiger partial charge is 0.497 e. The van der Waals surface area contributed by atoms with E-state index in [2.05, 4.69) is 4.98 Å². The number of hydrogen-bond acceptors (Lipinski definition) is 5. The van der Waals surface area contributed by atoms with Gasteiger partial charge in [0.25, 0.3) is 0 Å². The Morgan fingerprint density at radius 2 is 1.84 bits per heavy atom. The number of carbonyl (C=O) groups excluding carboxylic acids is 2. The maximum absolute atomic E-state index is 13.7. The average Bonchev–Trinajstić information content (AvgIpc) is 2.72. The Morgan fingerprint density at radius 1 is 1.16 bits per heavy atom. The molecule has 0 aliphatic rings. The van der Waals surface area contributed by atoms with E-state index >= 15 is 0 Å². The molecule has 0 aliphatic heterocycles. The van der Waals surface area contributed by atoms with E-state index in [0.717, 1.165) is 16.9 Å². The molecule has 1 amide bonds. The van der Waals surface area contributed by atoms with Crippen LogP contribution in [-0.4, -0.2) is 35.5 Å². The summed E-state index contributed by atoms with van der Waals surface area (Å²) in [5, 5.41) is 0.465. The third-order valence-corrected chi connectivity index (χ3v) is 6.07. The van der Waals surface area contributed by atoms with E-state index in [1.165, 1.54) is 0 Å². The molecule has 0 aliphatic carbocycles. The molecule has 0 saturated carbocycles. The molecule has 1 atom stereocenters. The minimum Gasteiger partial charge on any atom is -0.497 e. The van der Waals surface area contributed by atoms with Gasteiger partial charge in [0.1, 0.15) is 22.0 Å². The van der Waals surface area contributed by atoms with Gasteiger partial charge in [0.15, 0.2) is 0 Å². The highest BCUT2D eigenvalue weighted by Crippen LogP contribution is 2.36. The van der Waals surface area contributed by atoms with E-state index in [9.17, 15) is 9.59 Å². The summed E-state index contributed by atoms with van der Waals surface area (Å²) in [7, 11) is 1.61. The van der Waals surface area contributed by atoms with Crippen molar-refractivity contribution in [1.29, 1.82) is 0 Å². The van der Waals surface area contributed by atoms with E-state index in [1.807, 2.05) is 39.0 Å². The van der Waals surface area contributed by atoms with E-state index in [4.69, 9.17) is 32.7 Å². The molecule has 1 unspecified atom stereocenters. The predicted molar refractivity (Wildman–Crippen MR) is 126 cm³/mol. The molecule has 174 valence electrons. The molecule has 0 saturated heterocycles. The van der Waals surface area contributed by atoms with Gasteiger partial charge in [-0.1, -0.05) is 42.3 Å². The fourth-order valence-electron chi connectivity index (χ4n) is 3.58. The van der Waals surface area contributed by atoms with Gasteiger partial charge in [-0.25, -0.2) is 4.98 Å². The molecular formula is C24H30Cl2N2O4. The fraction of sp³-hybridized carbons (Fsp3) is 0.458. The highest BCUT2D eigenvalue weighted by Gasteiger charge is 2.40. The molecule has 6 nitrogen and oxygen atoms in total. The number of nitrogens with zero attached hydrogens (tertiary/aromatic N) is 2. The number of halogens is 2. The first-order valence-corrected chi connectivity index (χ1v) is 11.3. The molecule has 1 heterocycles. The molecule has 8 heteroatoms. The van der Waals surface area contributed by atoms with Crippen LogP contribution in [0.4, 0.5) is 0 Å². The first-order chi connectivity index (χ1) is 15.1. The second-order valence-corrected chi connectivity index (χ2v) is 8.71. The smallest absolute Gasteiger partial charge is 0.318 e. The quantitative estimate of drug-likeness (QED) is 0.267. The number of aromatic nitrogens is 1. The maximum Gasteiger partial charge on any atom is 0.318 e. The number of hydrogen-bond donors (Lipinski definition) is 0. The Morgan fingerprint density at radius 3 is 2.38 bits per heavy atom. The van der Waals surface area contributed by atoms with Gasteiger partial charge in [-0.2, -0.15) is 0 Å². The van der Waals surface area contributed by atoms with E-state index in [0.29, 0.717) is 12.0 Å². The maximum atomic E-state index is 13.7. The number of methoxy groups -OCH3 is 1. The topological polar surface area (TPSA) is 68.7 Å². The van der Waals surface area contributed by atoms with E-state index < -0.39 is 17.4 Å². The van der Waals surface area contributed by atoms with Crippen LogP contribution in [0.2, 0.25) is 10.3 Å². The summed E-state index contributed by atoms with van der Waals surface area (Å²) in [6.07, 6.45) is 0.318. The zero-order chi connectivity index (χ0) is 24.1. The van der Waals surface area contributed by atoms with Crippen molar-refractivity contribution in [2.75, 3.05) is 13.7 Å². The van der Waals surface area contributed by atoms with Crippen molar-refractivity contribution in [3.8, 4) is 5.75 Å². The number of aryl methyl sites for hydroxylation is 1. The first kappa shape index (κ1) is 25.9. The highest BCUT2D eigenvalue weighted by molar-refractivity contribution is 6.33. The number of pyridine rings is 1. The van der Waals surface area contributed by atoms with Crippen molar-refractivity contribution in [2.24, 2.45) is 5.92 Å². The van der Waals surface area contributed by atoms with Crippen molar-refractivity contribution in [3.63, 3.8) is 0 Å². The lowest BCUT2D eigenvalue weighted by Crippen LogP contribution is -2.49. The second kappa shape index (κ2) is 11.0. The Hall–Kier alpha value is -2.31. The summed E-state index contributed by atoms with van der Waals surface area (Å²) in [4.78, 5) is 32.1. The lowest BCUT2D eigenvalue weighted by Gasteiger charge is -2.41. The highest BCUT2D eigenvalue weighted by atomic mass is 35.5. The van der Waals surface area contributed by atoms with E-state index in [1.54, 1.807) is 38.0 Å². The SMILES string of the molecule is CCOC(=O)C(CC)C(=O)N(Cc1ccc(OC)cc1C)C(C)(C)c1ccc(Cl)nc1Cl. The number of carbonyl (C=O) groups is 2. The van der Waals surface area contributed by atoms with Crippen molar-refractivity contribution < 1.29 is 19.1 Å². The van der Waals surface area contributed by atoms with Crippen LogP contribution in [0.5, 0.6) is 5.75 Å². The van der Waals surface area contributed by atoms with Gasteiger partial charge in [0.2, 0.25) is 5.91 Å². The van der Waals surface area contributed by atoms with Crippen molar-refractivity contribution in [2.45, 2.75) is 53.1 Å². The minimum absolute atomic E-state index is 0.205. The van der Waals surface area contributed by atoms with Gasteiger partial charge in [0, 0.05) is 12.1 Å². The van der Waals surface area contributed by atoms with Crippen LogP contribution in [0.15, 0.2) is 30.3 Å². The summed E-state index contributed by atoms with van der Waals surface area (Å²) in [6.45, 7) is 9.67. The molecule has 0 bridgehead atoms. The third kappa shape index (κ3) is 5.73. The number of ether oxygens (including phenoxy) is 2. The second-order valence-electron chi connectivity index (χ2n) is 7.96. The Labute approximate surface area is 199 Å². The Bertz CT molecular complexity index is 978. The molecule has 1 aromatic heterocycles. The molecule has 0 fully saturated rings. The van der Waals surface area contributed by atoms with Crippen molar-refractivity contribution in [1.82, 2.24) is 9.88 Å². The van der Waals surface area contributed by atoms with Crippen LogP contribution in [-0.2, 0) is 26.4 Å². The van der Waals surface area contributed by atoms with Crippen LogP contribution in [0.1, 0.15) is 50.8 Å². The molecule has 0 radical (unpaired) electrons. The summed E-state index contributed by atoms with van der Waals surface area (Å²) < 4.78 is 10.5. The lowest BCUT2D eigenvalue weighted by molar-refractivity contribution is -0.158. The van der Waals surface area contributed by atoms with Crippen LogP contribution in [0.25, 0.3) is 0 Å². The minimum atomic E-state index is -0.924. The zero-order valence-electron chi connectivity index (χ0n) is 19.4. The van der Waals surface area contributed by atoms with Gasteiger partial charge in [-0.3, -0.25) is 9.59 Å². The predicted octanol–water partition coefficient (Wildman–Crippen LogP) is 5.56. The van der Waals surface area contributed by atoms with Gasteiger partial charge >= 0.3 is 5.97 Å². The lowest BCUT2D eigenvalue weighted by atomic mass is 9.90. The number of benzene rings is 1. The molecule has 2 rings (SSSR count). The number of rotatable bonds is 9. The van der Waals surface area contributed by atoms with Crippen molar-refractivity contribution >= 4 is 35.1 Å². The molecule has 1 aromatic carbocycles. The Balaban J connectivity index is 2.57. The van der Waals surface area contributed by atoms with Crippen LogP contribution >= 0.6 is 23.2 Å². The summed E-state index contributed by atoms with van der Waals surface area (Å²) in [5.74, 6) is -1.07. The third-order valence-electron chi connectivity index (χ3n) is 5.57.